The van der Waals surface area contributed by atoms with Crippen molar-refractivity contribution in [2.75, 3.05) is 11.1 Å². The second kappa shape index (κ2) is 9.65. The summed E-state index contributed by atoms with van der Waals surface area (Å²) < 4.78 is 23.7. The van der Waals surface area contributed by atoms with Crippen LogP contribution in [0.3, 0.4) is 0 Å². The Hall–Kier alpha value is -4.34. The number of ether oxygens (including phenoxy) is 1. The lowest BCUT2D eigenvalue weighted by Crippen LogP contribution is -2.15. The lowest BCUT2D eigenvalue weighted by atomic mass is 10.0. The van der Waals surface area contributed by atoms with E-state index in [1.807, 2.05) is 26.0 Å². The van der Waals surface area contributed by atoms with Crippen LogP contribution < -0.4 is 16.7 Å². The predicted molar refractivity (Wildman–Crippen MR) is 124 cm³/mol. The number of carbonyl (C=O) groups is 1. The van der Waals surface area contributed by atoms with Crippen molar-refractivity contribution >= 4 is 34.5 Å². The van der Waals surface area contributed by atoms with Gasteiger partial charge in [-0.3, -0.25) is 4.79 Å². The Morgan fingerprint density at radius 2 is 1.88 bits per heavy atom. The molecule has 0 saturated carbocycles. The fraction of sp³-hybridized carbons (Fsp3) is 0.208. The van der Waals surface area contributed by atoms with Gasteiger partial charge in [-0.25, -0.2) is 9.18 Å². The van der Waals surface area contributed by atoms with Gasteiger partial charge >= 0.3 is 11.6 Å². The van der Waals surface area contributed by atoms with Crippen LogP contribution in [-0.2, 0) is 22.6 Å². The number of halogens is 1. The molecule has 10 heteroatoms. The van der Waals surface area contributed by atoms with Crippen LogP contribution in [0.2, 0.25) is 0 Å². The summed E-state index contributed by atoms with van der Waals surface area (Å²) in [5, 5.41) is 3.71. The van der Waals surface area contributed by atoms with Crippen molar-refractivity contribution in [3.8, 4) is 0 Å². The summed E-state index contributed by atoms with van der Waals surface area (Å²) in [5.41, 5.74) is 8.52. The molecular formula is C24H22FN5O4. The van der Waals surface area contributed by atoms with E-state index < -0.39 is 11.6 Å². The van der Waals surface area contributed by atoms with Crippen LogP contribution in [0.4, 0.5) is 22.0 Å². The van der Waals surface area contributed by atoms with Crippen LogP contribution in [-0.4, -0.2) is 20.9 Å². The molecule has 0 saturated heterocycles. The first-order valence-corrected chi connectivity index (χ1v) is 10.5. The maximum atomic E-state index is 13.1. The molecule has 4 rings (SSSR count). The minimum absolute atomic E-state index is 0.0236. The highest BCUT2D eigenvalue weighted by atomic mass is 19.1. The maximum Gasteiger partial charge on any atom is 0.339 e. The van der Waals surface area contributed by atoms with Gasteiger partial charge < -0.3 is 20.2 Å². The van der Waals surface area contributed by atoms with Gasteiger partial charge in [0, 0.05) is 23.1 Å². The zero-order chi connectivity index (χ0) is 24.2. The summed E-state index contributed by atoms with van der Waals surface area (Å²) in [6.07, 6.45) is 0.151. The van der Waals surface area contributed by atoms with Crippen molar-refractivity contribution < 1.29 is 18.3 Å². The number of carbonyl (C=O) groups excluding carboxylic acids is 1. The quantitative estimate of drug-likeness (QED) is 0.310. The molecule has 0 radical (unpaired) electrons. The minimum Gasteiger partial charge on any atom is -0.457 e. The van der Waals surface area contributed by atoms with Crippen molar-refractivity contribution in [2.24, 2.45) is 0 Å². The first kappa shape index (κ1) is 22.8. The van der Waals surface area contributed by atoms with Crippen molar-refractivity contribution in [1.29, 1.82) is 0 Å². The average Bonchev–Trinajstić information content (AvgIpc) is 2.78. The number of nitrogens with two attached hydrogens (primary N) is 1. The van der Waals surface area contributed by atoms with E-state index in [4.69, 9.17) is 14.9 Å². The number of rotatable bonds is 7. The Morgan fingerprint density at radius 1 is 1.12 bits per heavy atom. The molecule has 3 N–H and O–H groups in total. The summed E-state index contributed by atoms with van der Waals surface area (Å²) in [6, 6.07) is 11.2. The second-order valence-corrected chi connectivity index (χ2v) is 7.72. The monoisotopic (exact) mass is 463 g/mol. The van der Waals surface area contributed by atoms with Gasteiger partial charge in [-0.2, -0.15) is 15.0 Å². The Bertz CT molecular complexity index is 1420. The zero-order valence-corrected chi connectivity index (χ0v) is 18.6. The molecule has 2 aromatic heterocycles. The van der Waals surface area contributed by atoms with Gasteiger partial charge in [0.1, 0.15) is 11.4 Å². The number of nitrogens with one attached hydrogen (secondary N) is 1. The van der Waals surface area contributed by atoms with Gasteiger partial charge in [-0.15, -0.1) is 0 Å². The third-order valence-corrected chi connectivity index (χ3v) is 5.18. The van der Waals surface area contributed by atoms with Crippen LogP contribution in [0.15, 0.2) is 51.7 Å². The SMILES string of the molecule is Cc1ccc2c(C)c(CCC(=O)OCc3nc(N)nc(Nc4ccc(F)cc4)n3)c(=O)oc2c1. The van der Waals surface area contributed by atoms with Crippen molar-refractivity contribution in [3.63, 3.8) is 0 Å². The van der Waals surface area contributed by atoms with E-state index in [0.717, 1.165) is 16.5 Å². The fourth-order valence-corrected chi connectivity index (χ4v) is 3.46. The summed E-state index contributed by atoms with van der Waals surface area (Å²) in [6.45, 7) is 3.52. The molecule has 9 nitrogen and oxygen atoms in total. The molecule has 0 unspecified atom stereocenters. The maximum absolute atomic E-state index is 13.1. The van der Waals surface area contributed by atoms with Crippen molar-refractivity contribution in [3.05, 3.63) is 81.2 Å². The molecule has 4 aromatic rings. The van der Waals surface area contributed by atoms with E-state index in [0.29, 0.717) is 16.8 Å². The third kappa shape index (κ3) is 5.34. The van der Waals surface area contributed by atoms with E-state index in [2.05, 4.69) is 20.3 Å². The van der Waals surface area contributed by atoms with Crippen LogP contribution in [0.5, 0.6) is 0 Å². The molecule has 34 heavy (non-hydrogen) atoms. The van der Waals surface area contributed by atoms with Gasteiger partial charge in [0.2, 0.25) is 11.9 Å². The fourth-order valence-electron chi connectivity index (χ4n) is 3.46. The Labute approximate surface area is 193 Å². The number of hydrogen-bond acceptors (Lipinski definition) is 9. The Balaban J connectivity index is 1.39. The summed E-state index contributed by atoms with van der Waals surface area (Å²) in [7, 11) is 0. The number of benzene rings is 2. The molecule has 2 heterocycles. The zero-order valence-electron chi connectivity index (χ0n) is 18.6. The molecule has 0 fully saturated rings. The predicted octanol–water partition coefficient (Wildman–Crippen LogP) is 3.74. The number of nitrogen functional groups attached to an aromatic ring is 1. The standard InChI is InChI=1S/C24H22FN5O4/c1-13-3-8-17-14(2)18(22(32)34-19(17)11-13)9-10-21(31)33-12-20-28-23(26)30-24(29-20)27-16-6-4-15(25)5-7-16/h3-8,11H,9-10,12H2,1-2H3,(H3,26,27,28,29,30). The van der Waals surface area contributed by atoms with Crippen molar-refractivity contribution in [1.82, 2.24) is 15.0 Å². The van der Waals surface area contributed by atoms with Crippen LogP contribution in [0, 0.1) is 19.7 Å². The van der Waals surface area contributed by atoms with Gasteiger partial charge in [0.25, 0.3) is 0 Å². The van der Waals surface area contributed by atoms with E-state index in [9.17, 15) is 14.0 Å². The topological polar surface area (TPSA) is 133 Å². The molecule has 0 amide bonds. The lowest BCUT2D eigenvalue weighted by molar-refractivity contribution is -0.145. The number of fused-ring (bicyclic) bond motifs is 1. The second-order valence-electron chi connectivity index (χ2n) is 7.72. The summed E-state index contributed by atoms with van der Waals surface area (Å²) >= 11 is 0. The smallest absolute Gasteiger partial charge is 0.339 e. The Kier molecular flexibility index (Phi) is 6.48. The molecular weight excluding hydrogens is 441 g/mol. The molecule has 174 valence electrons. The molecule has 0 spiro atoms. The largest absolute Gasteiger partial charge is 0.457 e. The highest BCUT2D eigenvalue weighted by molar-refractivity contribution is 5.81. The Morgan fingerprint density at radius 3 is 2.65 bits per heavy atom. The third-order valence-electron chi connectivity index (χ3n) is 5.18. The number of nitrogens with zero attached hydrogens (tertiary/aromatic N) is 3. The molecule has 0 aliphatic rings. The van der Waals surface area contributed by atoms with Gasteiger partial charge in [-0.1, -0.05) is 12.1 Å². The molecule has 0 aliphatic heterocycles. The first-order chi connectivity index (χ1) is 16.3. The number of aryl methyl sites for hydroxylation is 2. The van der Waals surface area contributed by atoms with E-state index in [-0.39, 0.29) is 43.0 Å². The lowest BCUT2D eigenvalue weighted by Gasteiger charge is -2.09. The highest BCUT2D eigenvalue weighted by Gasteiger charge is 2.15. The normalized spacial score (nSPS) is 10.9. The molecule has 2 aromatic carbocycles. The highest BCUT2D eigenvalue weighted by Crippen LogP contribution is 2.21. The van der Waals surface area contributed by atoms with Gasteiger partial charge in [0.15, 0.2) is 12.4 Å². The number of aromatic nitrogens is 3. The van der Waals surface area contributed by atoms with Crippen LogP contribution in [0.25, 0.3) is 11.0 Å². The summed E-state index contributed by atoms with van der Waals surface area (Å²) in [5.74, 6) is -0.702. The minimum atomic E-state index is -0.533. The molecule has 0 atom stereocenters. The van der Waals surface area contributed by atoms with E-state index >= 15 is 0 Å². The molecule has 0 aliphatic carbocycles. The van der Waals surface area contributed by atoms with E-state index in [1.165, 1.54) is 24.3 Å². The first-order valence-electron chi connectivity index (χ1n) is 10.5. The average molecular weight is 463 g/mol. The van der Waals surface area contributed by atoms with Gasteiger partial charge in [-0.05, 0) is 61.7 Å². The number of hydrogen-bond donors (Lipinski definition) is 2. The summed E-state index contributed by atoms with van der Waals surface area (Å²) in [4.78, 5) is 36.8. The van der Waals surface area contributed by atoms with E-state index in [1.54, 1.807) is 6.07 Å². The number of esters is 1. The van der Waals surface area contributed by atoms with Crippen molar-refractivity contribution in [2.45, 2.75) is 33.3 Å². The van der Waals surface area contributed by atoms with Gasteiger partial charge in [0.05, 0.1) is 0 Å². The number of anilines is 3. The molecule has 0 bridgehead atoms. The van der Waals surface area contributed by atoms with Crippen LogP contribution >= 0.6 is 0 Å². The van der Waals surface area contributed by atoms with Crippen LogP contribution in [0.1, 0.15) is 28.9 Å².